The summed E-state index contributed by atoms with van der Waals surface area (Å²) in [5, 5.41) is 2.87. The van der Waals surface area contributed by atoms with E-state index in [-0.39, 0.29) is 28.9 Å². The summed E-state index contributed by atoms with van der Waals surface area (Å²) < 4.78 is 1.91. The van der Waals surface area contributed by atoms with Crippen molar-refractivity contribution in [3.63, 3.8) is 0 Å². The molecule has 204 valence electrons. The number of hydrogen-bond acceptors (Lipinski definition) is 4. The molecule has 1 saturated carbocycles. The summed E-state index contributed by atoms with van der Waals surface area (Å²) in [6, 6.07) is 1.80. The number of aryl methyl sites for hydroxylation is 1. The number of amides is 3. The van der Waals surface area contributed by atoms with Crippen molar-refractivity contribution < 1.29 is 14.4 Å². The molecule has 37 heavy (non-hydrogen) atoms. The predicted octanol–water partition coefficient (Wildman–Crippen LogP) is 3.32. The minimum Gasteiger partial charge on any atom is -0.369 e. The molecule has 2 aliphatic carbocycles. The molecule has 3 N–H and O–H groups in total. The van der Waals surface area contributed by atoms with E-state index in [1.54, 1.807) is 24.8 Å². The monoisotopic (exact) mass is 512 g/mol. The Balaban J connectivity index is 1.57. The topological polar surface area (TPSA) is 114 Å². The first-order chi connectivity index (χ1) is 17.7. The molecule has 4 rings (SSSR count). The van der Waals surface area contributed by atoms with Gasteiger partial charge >= 0.3 is 0 Å². The summed E-state index contributed by atoms with van der Waals surface area (Å²) in [4.78, 5) is 53.8. The zero-order valence-electron chi connectivity index (χ0n) is 22.7. The molecule has 0 atom stereocenters. The average molecular weight is 513 g/mol. The Morgan fingerprint density at radius 2 is 1.57 bits per heavy atom. The first kappa shape index (κ1) is 27.4. The molecule has 3 aliphatic rings. The number of pyridine rings is 1. The maximum absolute atomic E-state index is 13.8. The highest BCUT2D eigenvalue weighted by Gasteiger charge is 2.37. The van der Waals surface area contributed by atoms with Crippen LogP contribution in [0.4, 0.5) is 0 Å². The van der Waals surface area contributed by atoms with Gasteiger partial charge in [0, 0.05) is 31.2 Å². The van der Waals surface area contributed by atoms with Crippen molar-refractivity contribution in [2.24, 2.45) is 17.6 Å². The van der Waals surface area contributed by atoms with Crippen LogP contribution in [0.1, 0.15) is 106 Å². The smallest absolute Gasteiger partial charge is 0.263 e. The largest absolute Gasteiger partial charge is 0.369 e. The summed E-state index contributed by atoms with van der Waals surface area (Å²) in [6.07, 6.45) is 13.2. The molecule has 2 fully saturated rings. The number of carbonyl (C=O) groups excluding carboxylic acids is 3. The van der Waals surface area contributed by atoms with E-state index in [1.807, 2.05) is 4.57 Å². The second kappa shape index (κ2) is 11.8. The molecule has 0 spiro atoms. The molecule has 1 aliphatic heterocycles. The summed E-state index contributed by atoms with van der Waals surface area (Å²) in [7, 11) is 0. The van der Waals surface area contributed by atoms with Crippen LogP contribution >= 0.6 is 0 Å². The number of hydrogen-bond donors (Lipinski definition) is 2. The molecule has 0 bridgehead atoms. The van der Waals surface area contributed by atoms with E-state index in [0.717, 1.165) is 56.2 Å². The second-order valence-corrected chi connectivity index (χ2v) is 11.9. The number of piperidine rings is 1. The van der Waals surface area contributed by atoms with Gasteiger partial charge in [-0.2, -0.15) is 0 Å². The number of carbonyl (C=O) groups is 3. The molecule has 0 aromatic carbocycles. The number of rotatable bonds is 6. The van der Waals surface area contributed by atoms with Gasteiger partial charge < -0.3 is 20.5 Å². The van der Waals surface area contributed by atoms with Gasteiger partial charge in [0.2, 0.25) is 11.8 Å². The molecule has 0 radical (unpaired) electrons. The van der Waals surface area contributed by atoms with Crippen LogP contribution in [0.3, 0.4) is 0 Å². The maximum Gasteiger partial charge on any atom is 0.263 e. The van der Waals surface area contributed by atoms with Crippen LogP contribution < -0.4 is 16.6 Å². The molecular weight excluding hydrogens is 468 g/mol. The maximum atomic E-state index is 13.8. The predicted molar refractivity (Wildman–Crippen MR) is 143 cm³/mol. The zero-order valence-corrected chi connectivity index (χ0v) is 22.7. The molecule has 1 saturated heterocycles. The lowest BCUT2D eigenvalue weighted by Crippen LogP contribution is -2.58. The Hall–Kier alpha value is -2.64. The molecular formula is C29H44N4O4. The molecule has 8 nitrogen and oxygen atoms in total. The van der Waals surface area contributed by atoms with Crippen LogP contribution in [-0.4, -0.2) is 45.8 Å². The van der Waals surface area contributed by atoms with Gasteiger partial charge in [-0.25, -0.2) is 0 Å². The number of aromatic nitrogens is 1. The van der Waals surface area contributed by atoms with Crippen LogP contribution in [0, 0.1) is 11.8 Å². The van der Waals surface area contributed by atoms with Crippen molar-refractivity contribution in [3.8, 4) is 0 Å². The average Bonchev–Trinajstić information content (AvgIpc) is 2.86. The lowest BCUT2D eigenvalue weighted by molar-refractivity contribution is -0.139. The van der Waals surface area contributed by atoms with Gasteiger partial charge in [-0.1, -0.05) is 32.1 Å². The second-order valence-electron chi connectivity index (χ2n) is 11.9. The minimum absolute atomic E-state index is 0.142. The first-order valence-electron chi connectivity index (χ1n) is 14.3. The normalized spacial score (nSPS) is 20.0. The third-order valence-electron chi connectivity index (χ3n) is 8.66. The fourth-order valence-corrected chi connectivity index (χ4v) is 6.38. The quantitative estimate of drug-likeness (QED) is 0.608. The fraction of sp³-hybridized carbons (Fsp3) is 0.724. The van der Waals surface area contributed by atoms with Crippen molar-refractivity contribution in [2.45, 2.75) is 109 Å². The Morgan fingerprint density at radius 3 is 2.22 bits per heavy atom. The Kier molecular flexibility index (Phi) is 8.75. The Labute approximate surface area is 220 Å². The van der Waals surface area contributed by atoms with E-state index < -0.39 is 11.4 Å². The molecule has 3 amide bonds. The highest BCUT2D eigenvalue weighted by molar-refractivity contribution is 5.99. The summed E-state index contributed by atoms with van der Waals surface area (Å²) in [5.41, 5.74) is 6.38. The third kappa shape index (κ3) is 6.44. The van der Waals surface area contributed by atoms with Crippen LogP contribution in [0.5, 0.6) is 0 Å². The number of nitrogens with zero attached hydrogens (tertiary/aromatic N) is 2. The lowest BCUT2D eigenvalue weighted by atomic mass is 9.88. The van der Waals surface area contributed by atoms with E-state index in [0.29, 0.717) is 38.4 Å². The minimum atomic E-state index is -1.18. The molecule has 1 aromatic heterocycles. The van der Waals surface area contributed by atoms with Crippen LogP contribution in [0.25, 0.3) is 0 Å². The van der Waals surface area contributed by atoms with Crippen molar-refractivity contribution in [1.82, 2.24) is 14.8 Å². The highest BCUT2D eigenvalue weighted by atomic mass is 16.2. The number of likely N-dealkylation sites (tertiary alicyclic amines) is 1. The van der Waals surface area contributed by atoms with E-state index in [9.17, 15) is 19.2 Å². The third-order valence-corrected chi connectivity index (χ3v) is 8.66. The number of fused-ring (bicyclic) bond motifs is 1. The van der Waals surface area contributed by atoms with Gasteiger partial charge in [0.25, 0.3) is 11.5 Å². The van der Waals surface area contributed by atoms with Gasteiger partial charge in [-0.05, 0) is 82.8 Å². The van der Waals surface area contributed by atoms with Crippen LogP contribution in [0.15, 0.2) is 10.9 Å². The molecule has 2 heterocycles. The standard InChI is InChI=1S/C29H44N4O4/c1-29(2,28(37)32-16-14-21(15-17-32)25(30)34)31-26(35)23-18-22-12-8-3-4-9-13-24(22)33(27(23)36)19-20-10-6-5-7-11-20/h18,20-21H,3-17,19H2,1-2H3,(H2,30,34)(H,31,35). The summed E-state index contributed by atoms with van der Waals surface area (Å²) >= 11 is 0. The molecule has 8 heteroatoms. The van der Waals surface area contributed by atoms with Gasteiger partial charge in [0.15, 0.2) is 0 Å². The molecule has 1 aromatic rings. The zero-order chi connectivity index (χ0) is 26.6. The number of primary amides is 1. The van der Waals surface area contributed by atoms with E-state index >= 15 is 0 Å². The Bertz CT molecular complexity index is 1060. The number of nitrogens with two attached hydrogens (primary N) is 1. The van der Waals surface area contributed by atoms with Crippen molar-refractivity contribution >= 4 is 17.7 Å². The lowest BCUT2D eigenvalue weighted by Gasteiger charge is -2.36. The van der Waals surface area contributed by atoms with E-state index in [2.05, 4.69) is 5.32 Å². The Morgan fingerprint density at radius 1 is 0.946 bits per heavy atom. The SMILES string of the molecule is CC(C)(NC(=O)c1cc2c(n(CC3CCCCC3)c1=O)CCCCCC2)C(=O)N1CCC(C(N)=O)CC1. The van der Waals surface area contributed by atoms with Gasteiger partial charge in [-0.3, -0.25) is 19.2 Å². The van der Waals surface area contributed by atoms with Gasteiger partial charge in [0.05, 0.1) is 0 Å². The van der Waals surface area contributed by atoms with Crippen molar-refractivity contribution in [3.05, 3.63) is 33.2 Å². The van der Waals surface area contributed by atoms with Crippen molar-refractivity contribution in [2.75, 3.05) is 13.1 Å². The van der Waals surface area contributed by atoms with Gasteiger partial charge in [-0.15, -0.1) is 0 Å². The van der Waals surface area contributed by atoms with Gasteiger partial charge in [0.1, 0.15) is 11.1 Å². The summed E-state index contributed by atoms with van der Waals surface area (Å²) in [5.74, 6) is -0.771. The molecule has 0 unspecified atom stereocenters. The fourth-order valence-electron chi connectivity index (χ4n) is 6.38. The summed E-state index contributed by atoms with van der Waals surface area (Å²) in [6.45, 7) is 4.90. The number of nitrogens with one attached hydrogen (secondary N) is 1. The van der Waals surface area contributed by atoms with Crippen LogP contribution in [-0.2, 0) is 29.0 Å². The van der Waals surface area contributed by atoms with E-state index in [4.69, 9.17) is 5.73 Å². The van der Waals surface area contributed by atoms with Crippen molar-refractivity contribution in [1.29, 1.82) is 0 Å². The highest BCUT2D eigenvalue weighted by Crippen LogP contribution is 2.27. The van der Waals surface area contributed by atoms with Crippen LogP contribution in [0.2, 0.25) is 0 Å². The van der Waals surface area contributed by atoms with E-state index in [1.165, 1.54) is 25.7 Å². The first-order valence-corrected chi connectivity index (χ1v) is 14.3.